The van der Waals surface area contributed by atoms with Gasteiger partial charge in [-0.1, -0.05) is 38.0 Å². The molecule has 0 saturated carbocycles. The molecule has 0 fully saturated rings. The summed E-state index contributed by atoms with van der Waals surface area (Å²) in [5.74, 6) is 0. The first-order chi connectivity index (χ1) is 4.81. The van der Waals surface area contributed by atoms with E-state index in [-0.39, 0.29) is 8.80 Å². The summed E-state index contributed by atoms with van der Waals surface area (Å²) in [6, 6.07) is 4.38. The van der Waals surface area contributed by atoms with E-state index in [1.54, 1.807) is 0 Å². The summed E-state index contributed by atoms with van der Waals surface area (Å²) in [4.78, 5) is 0. The molecule has 0 atom stereocenters. The third-order valence-corrected chi connectivity index (χ3v) is 5.30. The Labute approximate surface area is 69.2 Å². The lowest BCUT2D eigenvalue weighted by Gasteiger charge is -2.04. The second kappa shape index (κ2) is 7.28. The lowest BCUT2D eigenvalue weighted by Crippen LogP contribution is -2.05. The average molecular weight is 169 g/mol. The Morgan fingerprint density at radius 1 is 1.50 bits per heavy atom. The van der Waals surface area contributed by atoms with Crippen molar-refractivity contribution in [2.75, 3.05) is 0 Å². The van der Waals surface area contributed by atoms with Crippen LogP contribution in [0.15, 0.2) is 12.3 Å². The first kappa shape index (κ1) is 10.2. The predicted octanol–water partition coefficient (Wildman–Crippen LogP) is 2.79. The van der Waals surface area contributed by atoms with Gasteiger partial charge in [-0.05, 0) is 0 Å². The van der Waals surface area contributed by atoms with Crippen LogP contribution in [0.5, 0.6) is 0 Å². The van der Waals surface area contributed by atoms with Crippen LogP contribution < -0.4 is 0 Å². The van der Waals surface area contributed by atoms with E-state index >= 15 is 0 Å². The molecule has 0 aromatic carbocycles. The Balaban J connectivity index is 3.04. The molecule has 0 rings (SSSR count). The van der Waals surface area contributed by atoms with Crippen LogP contribution in [0.4, 0.5) is 0 Å². The van der Waals surface area contributed by atoms with Gasteiger partial charge in [0.05, 0.1) is 9.52 Å². The van der Waals surface area contributed by atoms with Crippen molar-refractivity contribution in [3.05, 3.63) is 12.3 Å². The Bertz CT molecular complexity index is 81.3. The Morgan fingerprint density at radius 2 is 2.20 bits per heavy atom. The summed E-state index contributed by atoms with van der Waals surface area (Å²) >= 11 is 0. The first-order valence-electron chi connectivity index (χ1n) is 3.96. The van der Waals surface area contributed by atoms with Gasteiger partial charge in [0.15, 0.2) is 0 Å². The molecule has 0 amide bonds. The number of hydrogen-bond donors (Lipinski definition) is 0. The molecule has 0 aromatic rings. The van der Waals surface area contributed by atoms with Crippen LogP contribution in [0.3, 0.4) is 0 Å². The monoisotopic (exact) mass is 169 g/mol. The van der Waals surface area contributed by atoms with Gasteiger partial charge < -0.3 is 0 Å². The maximum absolute atomic E-state index is 3.73. The van der Waals surface area contributed by atoms with E-state index in [1.165, 1.54) is 24.6 Å². The Kier molecular flexibility index (Phi) is 7.41. The van der Waals surface area contributed by atoms with E-state index in [4.69, 9.17) is 0 Å². The summed E-state index contributed by atoms with van der Waals surface area (Å²) in [5.41, 5.74) is 2.06. The third-order valence-electron chi connectivity index (χ3n) is 1.52. The normalized spacial score (nSPS) is 10.3. The van der Waals surface area contributed by atoms with Gasteiger partial charge in [0, 0.05) is 8.80 Å². The molecule has 57 valence electrons. The zero-order valence-corrected chi connectivity index (χ0v) is 9.11. The molecule has 0 bridgehead atoms. The van der Waals surface area contributed by atoms with E-state index in [2.05, 4.69) is 25.7 Å². The van der Waals surface area contributed by atoms with Crippen LogP contribution in [-0.2, 0) is 0 Å². The lowest BCUT2D eigenvalue weighted by atomic mass is 10.6. The van der Waals surface area contributed by atoms with Crippen LogP contribution in [0.25, 0.3) is 0 Å². The molecular formula is C8H17Si2. The molecule has 2 heteroatoms. The van der Waals surface area contributed by atoms with Crippen molar-refractivity contribution < 1.29 is 0 Å². The molecule has 0 aliphatic carbocycles. The summed E-state index contributed by atoms with van der Waals surface area (Å²) in [6.45, 7) is 8.46. The van der Waals surface area contributed by atoms with Gasteiger partial charge in [-0.3, -0.25) is 0 Å². The van der Waals surface area contributed by atoms with Crippen molar-refractivity contribution in [2.24, 2.45) is 0 Å². The fourth-order valence-corrected chi connectivity index (χ4v) is 4.53. The van der Waals surface area contributed by atoms with Gasteiger partial charge in [0.25, 0.3) is 0 Å². The molecule has 3 radical (unpaired) electrons. The highest BCUT2D eigenvalue weighted by Crippen LogP contribution is 2.05. The van der Waals surface area contributed by atoms with Crippen molar-refractivity contribution >= 4 is 18.3 Å². The second-order valence-corrected chi connectivity index (χ2v) is 6.85. The molecule has 0 N–H and O–H groups in total. The zero-order valence-electron chi connectivity index (χ0n) is 7.11. The minimum atomic E-state index is 0.0462. The fraction of sp³-hybridized carbons (Fsp3) is 0.750. The third kappa shape index (κ3) is 6.30. The van der Waals surface area contributed by atoms with Gasteiger partial charge in [-0.25, -0.2) is 0 Å². The summed E-state index contributed by atoms with van der Waals surface area (Å²) < 4.78 is 0. The zero-order chi connectivity index (χ0) is 7.82. The first-order valence-corrected chi connectivity index (χ1v) is 7.66. The van der Waals surface area contributed by atoms with Crippen LogP contribution in [-0.4, -0.2) is 18.3 Å². The molecule has 0 aliphatic heterocycles. The quantitative estimate of drug-likeness (QED) is 0.424. The average Bonchev–Trinajstić information content (AvgIpc) is 1.89. The van der Waals surface area contributed by atoms with E-state index in [9.17, 15) is 0 Å². The Hall–Kier alpha value is 0.174. The molecule has 10 heavy (non-hydrogen) atoms. The van der Waals surface area contributed by atoms with E-state index in [0.29, 0.717) is 0 Å². The smallest absolute Gasteiger partial charge is 0.0692 e. The van der Waals surface area contributed by atoms with Crippen molar-refractivity contribution in [1.82, 2.24) is 0 Å². The molecular weight excluding hydrogens is 152 g/mol. The van der Waals surface area contributed by atoms with E-state index in [1.807, 2.05) is 0 Å². The van der Waals surface area contributed by atoms with Crippen molar-refractivity contribution in [2.45, 2.75) is 38.0 Å². The summed E-state index contributed by atoms with van der Waals surface area (Å²) in [7, 11) is 1.05. The number of rotatable bonds is 6. The molecule has 0 aliphatic rings. The topological polar surface area (TPSA) is 0 Å². The highest BCUT2D eigenvalue weighted by molar-refractivity contribution is 6.59. The molecule has 0 nitrogen and oxygen atoms in total. The highest BCUT2D eigenvalue weighted by atomic mass is 28.3. The summed E-state index contributed by atoms with van der Waals surface area (Å²) in [6.07, 6.45) is 1.38. The lowest BCUT2D eigenvalue weighted by molar-refractivity contribution is 1.05. The molecule has 0 spiro atoms. The largest absolute Gasteiger partial charge is 0.107 e. The van der Waals surface area contributed by atoms with Gasteiger partial charge in [0.1, 0.15) is 0 Å². The number of hydrogen-bond acceptors (Lipinski definition) is 0. The maximum atomic E-state index is 3.73. The molecule has 0 heterocycles. The minimum Gasteiger partial charge on any atom is -0.107 e. The van der Waals surface area contributed by atoms with Gasteiger partial charge >= 0.3 is 0 Å². The minimum absolute atomic E-state index is 0.0462. The van der Waals surface area contributed by atoms with Crippen LogP contribution in [0, 0.1) is 0 Å². The summed E-state index contributed by atoms with van der Waals surface area (Å²) in [5, 5.41) is 0. The maximum Gasteiger partial charge on any atom is 0.0692 e. The van der Waals surface area contributed by atoms with Gasteiger partial charge in [0.2, 0.25) is 0 Å². The highest BCUT2D eigenvalue weighted by Gasteiger charge is 2.00. The van der Waals surface area contributed by atoms with Crippen molar-refractivity contribution in [1.29, 1.82) is 0 Å². The van der Waals surface area contributed by atoms with Crippen molar-refractivity contribution in [3.8, 4) is 0 Å². The van der Waals surface area contributed by atoms with E-state index < -0.39 is 0 Å². The van der Waals surface area contributed by atoms with Gasteiger partial charge in [-0.2, -0.15) is 0 Å². The SMILES string of the molecule is C=C[Si]CC[Si](C)CCC. The second-order valence-electron chi connectivity index (χ2n) is 2.62. The van der Waals surface area contributed by atoms with Crippen LogP contribution >= 0.6 is 0 Å². The molecule has 0 saturated heterocycles. The van der Waals surface area contributed by atoms with Crippen LogP contribution in [0.1, 0.15) is 13.3 Å². The molecule has 0 aromatic heterocycles. The molecule has 0 unspecified atom stereocenters. The fourth-order valence-electron chi connectivity index (χ4n) is 0.939. The van der Waals surface area contributed by atoms with E-state index in [0.717, 1.165) is 9.52 Å². The Morgan fingerprint density at radius 3 is 2.70 bits per heavy atom. The predicted molar refractivity (Wildman–Crippen MR) is 52.3 cm³/mol. The van der Waals surface area contributed by atoms with Crippen LogP contribution in [0.2, 0.25) is 24.7 Å². The van der Waals surface area contributed by atoms with Crippen molar-refractivity contribution in [3.63, 3.8) is 0 Å². The van der Waals surface area contributed by atoms with Gasteiger partial charge in [-0.15, -0.1) is 12.3 Å². The standard InChI is InChI=1S/C8H17Si2/c1-4-7-10(3)8-6-9-5-2/h5H,2,4,6-8H2,1,3H3.